The Balaban J connectivity index is 1.33. The second kappa shape index (κ2) is 10.8. The first-order chi connectivity index (χ1) is 16.8. The summed E-state index contributed by atoms with van der Waals surface area (Å²) in [4.78, 5) is 8.37. The third-order valence-corrected chi connectivity index (χ3v) is 6.19. The Morgan fingerprint density at radius 3 is 1.85 bits per heavy atom. The summed E-state index contributed by atoms with van der Waals surface area (Å²) >= 11 is 0. The summed E-state index contributed by atoms with van der Waals surface area (Å²) in [6.45, 7) is 0.808. The molecular weight excluding hydrogens is 414 g/mol. The number of aromatic amines is 1. The van der Waals surface area contributed by atoms with Crippen LogP contribution in [-0.2, 0) is 13.0 Å². The molecule has 34 heavy (non-hydrogen) atoms. The van der Waals surface area contributed by atoms with Crippen LogP contribution in [0, 0.1) is 0 Å². The van der Waals surface area contributed by atoms with Crippen LogP contribution in [0.15, 0.2) is 121 Å². The highest BCUT2D eigenvalue weighted by atomic mass is 15.0. The van der Waals surface area contributed by atoms with Crippen molar-refractivity contribution in [3.63, 3.8) is 0 Å². The van der Waals surface area contributed by atoms with Gasteiger partial charge in [0.1, 0.15) is 5.82 Å². The Bertz CT molecular complexity index is 1230. The second-order valence-corrected chi connectivity index (χ2v) is 8.57. The van der Waals surface area contributed by atoms with Gasteiger partial charge < -0.3 is 10.3 Å². The van der Waals surface area contributed by atoms with E-state index in [0.717, 1.165) is 36.5 Å². The van der Waals surface area contributed by atoms with Crippen molar-refractivity contribution in [3.8, 4) is 22.4 Å². The number of nitrogens with one attached hydrogen (secondary N) is 2. The van der Waals surface area contributed by atoms with Gasteiger partial charge in [-0.2, -0.15) is 0 Å². The summed E-state index contributed by atoms with van der Waals surface area (Å²) in [5.41, 5.74) is 7.25. The predicted molar refractivity (Wildman–Crippen MR) is 140 cm³/mol. The minimum atomic E-state index is 0.137. The monoisotopic (exact) mass is 443 g/mol. The molecule has 4 aromatic carbocycles. The van der Waals surface area contributed by atoms with Crippen LogP contribution in [0.1, 0.15) is 29.4 Å². The van der Waals surface area contributed by atoms with Crippen molar-refractivity contribution in [2.24, 2.45) is 0 Å². The molecule has 0 saturated heterocycles. The van der Waals surface area contributed by atoms with Gasteiger partial charge in [-0.25, -0.2) is 4.98 Å². The number of rotatable bonds is 9. The molecule has 1 atom stereocenters. The van der Waals surface area contributed by atoms with E-state index in [9.17, 15) is 0 Å². The summed E-state index contributed by atoms with van der Waals surface area (Å²) in [6.07, 6.45) is 3.92. The molecule has 0 amide bonds. The molecule has 0 radical (unpaired) electrons. The fourth-order valence-electron chi connectivity index (χ4n) is 4.26. The van der Waals surface area contributed by atoms with Gasteiger partial charge in [0.15, 0.2) is 0 Å². The maximum atomic E-state index is 4.78. The molecule has 0 aliphatic carbocycles. The van der Waals surface area contributed by atoms with Gasteiger partial charge in [0, 0.05) is 6.54 Å². The van der Waals surface area contributed by atoms with E-state index in [0.29, 0.717) is 0 Å². The minimum Gasteiger partial charge on any atom is -0.341 e. The zero-order chi connectivity index (χ0) is 23.0. The number of benzene rings is 4. The molecule has 168 valence electrons. The molecule has 0 unspecified atom stereocenters. The molecule has 0 bridgehead atoms. The van der Waals surface area contributed by atoms with Crippen molar-refractivity contribution in [2.45, 2.75) is 25.4 Å². The first-order valence-electron chi connectivity index (χ1n) is 11.9. The van der Waals surface area contributed by atoms with Crippen LogP contribution in [0.25, 0.3) is 22.4 Å². The van der Waals surface area contributed by atoms with Crippen molar-refractivity contribution in [3.05, 3.63) is 138 Å². The lowest BCUT2D eigenvalue weighted by atomic mass is 10.0. The van der Waals surface area contributed by atoms with Gasteiger partial charge >= 0.3 is 0 Å². The zero-order valence-electron chi connectivity index (χ0n) is 19.2. The molecule has 2 N–H and O–H groups in total. The topological polar surface area (TPSA) is 40.7 Å². The number of hydrogen-bond acceptors (Lipinski definition) is 2. The van der Waals surface area contributed by atoms with E-state index in [2.05, 4.69) is 119 Å². The lowest BCUT2D eigenvalue weighted by molar-refractivity contribution is 0.479. The van der Waals surface area contributed by atoms with E-state index in [1.807, 2.05) is 12.3 Å². The highest BCUT2D eigenvalue weighted by Crippen LogP contribution is 2.26. The fraction of sp³-hybridized carbons (Fsp3) is 0.129. The van der Waals surface area contributed by atoms with Gasteiger partial charge in [0.2, 0.25) is 0 Å². The molecule has 3 nitrogen and oxygen atoms in total. The lowest BCUT2D eigenvalue weighted by Gasteiger charge is -2.17. The fourth-order valence-corrected chi connectivity index (χ4v) is 4.26. The molecule has 1 aromatic heterocycles. The normalized spacial score (nSPS) is 11.9. The highest BCUT2D eigenvalue weighted by Gasteiger charge is 2.16. The quantitative estimate of drug-likeness (QED) is 0.253. The van der Waals surface area contributed by atoms with E-state index in [4.69, 9.17) is 4.98 Å². The van der Waals surface area contributed by atoms with Crippen molar-refractivity contribution < 1.29 is 0 Å². The maximum absolute atomic E-state index is 4.78. The molecule has 5 aromatic rings. The summed E-state index contributed by atoms with van der Waals surface area (Å²) in [5.74, 6) is 0.981. The van der Waals surface area contributed by atoms with Crippen LogP contribution in [-0.4, -0.2) is 9.97 Å². The Morgan fingerprint density at radius 1 is 0.618 bits per heavy atom. The van der Waals surface area contributed by atoms with E-state index < -0.39 is 0 Å². The van der Waals surface area contributed by atoms with Gasteiger partial charge in [-0.15, -0.1) is 0 Å². The maximum Gasteiger partial charge on any atom is 0.123 e. The first kappa shape index (κ1) is 21.9. The van der Waals surface area contributed by atoms with Gasteiger partial charge in [-0.1, -0.05) is 115 Å². The molecule has 0 saturated carbocycles. The third kappa shape index (κ3) is 5.51. The molecule has 5 rings (SSSR count). The minimum absolute atomic E-state index is 0.137. The Hall–Kier alpha value is -3.95. The number of nitrogens with zero attached hydrogens (tertiary/aromatic N) is 1. The van der Waals surface area contributed by atoms with Crippen LogP contribution in [0.5, 0.6) is 0 Å². The number of imidazole rings is 1. The summed E-state index contributed by atoms with van der Waals surface area (Å²) < 4.78 is 0. The number of H-pyrrole nitrogens is 1. The number of aromatic nitrogens is 2. The average molecular weight is 444 g/mol. The Kier molecular flexibility index (Phi) is 6.93. The molecule has 0 fully saturated rings. The third-order valence-electron chi connectivity index (χ3n) is 6.19. The van der Waals surface area contributed by atoms with E-state index in [1.165, 1.54) is 22.3 Å². The van der Waals surface area contributed by atoms with Gasteiger partial charge in [-0.3, -0.25) is 0 Å². The van der Waals surface area contributed by atoms with E-state index in [1.54, 1.807) is 0 Å². The molecular formula is C31H29N3. The predicted octanol–water partition coefficient (Wildman–Crippen LogP) is 7.21. The van der Waals surface area contributed by atoms with Gasteiger partial charge in [0.05, 0.1) is 17.9 Å². The van der Waals surface area contributed by atoms with Crippen molar-refractivity contribution in [2.75, 3.05) is 0 Å². The largest absolute Gasteiger partial charge is 0.341 e. The van der Waals surface area contributed by atoms with Gasteiger partial charge in [0.25, 0.3) is 0 Å². The molecule has 1 heterocycles. The van der Waals surface area contributed by atoms with Crippen molar-refractivity contribution in [1.29, 1.82) is 0 Å². The standard InChI is InChI=1S/C31H29N3/c1-4-10-24(11-5-1)16-21-29(32-22-25-12-6-2-7-13-25)31-33-23-30(34-31)28-19-17-27(18-20-28)26-14-8-3-9-15-26/h1-15,17-20,23,29,32H,16,21-22H2,(H,33,34)/t29-/m1/s1. The van der Waals surface area contributed by atoms with Crippen molar-refractivity contribution in [1.82, 2.24) is 15.3 Å². The summed E-state index contributed by atoms with van der Waals surface area (Å²) in [7, 11) is 0. The van der Waals surface area contributed by atoms with Gasteiger partial charge in [-0.05, 0) is 40.7 Å². The second-order valence-electron chi connectivity index (χ2n) is 8.57. The zero-order valence-corrected chi connectivity index (χ0v) is 19.2. The van der Waals surface area contributed by atoms with Crippen LogP contribution in [0.2, 0.25) is 0 Å². The molecule has 0 aliphatic heterocycles. The SMILES string of the molecule is c1ccc(CC[C@@H](NCc2ccccc2)c2ncc(-c3ccc(-c4ccccc4)cc3)[nH]2)cc1. The smallest absolute Gasteiger partial charge is 0.123 e. The molecule has 0 spiro atoms. The first-order valence-corrected chi connectivity index (χ1v) is 11.9. The lowest BCUT2D eigenvalue weighted by Crippen LogP contribution is -2.22. The number of hydrogen-bond donors (Lipinski definition) is 2. The molecule has 3 heteroatoms. The number of aryl methyl sites for hydroxylation is 1. The van der Waals surface area contributed by atoms with Crippen LogP contribution >= 0.6 is 0 Å². The average Bonchev–Trinajstić information content (AvgIpc) is 3.41. The molecule has 0 aliphatic rings. The van der Waals surface area contributed by atoms with Crippen LogP contribution in [0.4, 0.5) is 0 Å². The van der Waals surface area contributed by atoms with E-state index in [-0.39, 0.29) is 6.04 Å². The Labute approximate surface area is 201 Å². The summed E-state index contributed by atoms with van der Waals surface area (Å²) in [6, 6.07) is 40.5. The van der Waals surface area contributed by atoms with Crippen molar-refractivity contribution >= 4 is 0 Å². The van der Waals surface area contributed by atoms with E-state index >= 15 is 0 Å². The highest BCUT2D eigenvalue weighted by molar-refractivity contribution is 5.68. The van der Waals surface area contributed by atoms with Crippen LogP contribution in [0.3, 0.4) is 0 Å². The Morgan fingerprint density at radius 2 is 1.18 bits per heavy atom. The summed E-state index contributed by atoms with van der Waals surface area (Å²) in [5, 5.41) is 3.72. The van der Waals surface area contributed by atoms with Crippen LogP contribution < -0.4 is 5.32 Å².